The minimum Gasteiger partial charge on any atom is -0.244 e. The van der Waals surface area contributed by atoms with E-state index in [1.165, 1.54) is 18.3 Å². The molecule has 0 saturated carbocycles. The monoisotopic (exact) mass is 267 g/mol. The lowest BCUT2D eigenvalue weighted by Crippen LogP contribution is -2.41. The molecule has 0 spiro atoms. The molecule has 5 nitrogen and oxygen atoms in total. The lowest BCUT2D eigenvalue weighted by atomic mass is 9.89. The molecule has 0 aliphatic heterocycles. The maximum Gasteiger partial charge on any atom is 0.243 e. The van der Waals surface area contributed by atoms with Gasteiger partial charge in [0.2, 0.25) is 10.0 Å². The Hall–Kier alpha value is -1.45. The van der Waals surface area contributed by atoms with Gasteiger partial charge in [-0.2, -0.15) is 5.26 Å². The Labute approximate surface area is 108 Å². The Morgan fingerprint density at radius 1 is 1.44 bits per heavy atom. The highest BCUT2D eigenvalue weighted by atomic mass is 32.2. The highest BCUT2D eigenvalue weighted by Gasteiger charge is 2.27. The van der Waals surface area contributed by atoms with E-state index in [0.717, 1.165) is 0 Å². The van der Waals surface area contributed by atoms with Gasteiger partial charge in [-0.15, -0.1) is 0 Å². The average Bonchev–Trinajstić information content (AvgIpc) is 2.27. The van der Waals surface area contributed by atoms with Gasteiger partial charge in [0.15, 0.2) is 5.69 Å². The zero-order valence-electron chi connectivity index (χ0n) is 10.9. The van der Waals surface area contributed by atoms with E-state index in [9.17, 15) is 8.42 Å². The standard InChI is InChI=1S/C12H17N3O2S/c1-9(12(2,3)4)15-18(16,17)11-6-5-7-14-10(11)8-13/h5-7,9,15H,1-4H3. The normalized spacial score (nSPS) is 13.9. The Balaban J connectivity index is 3.13. The molecule has 0 aromatic carbocycles. The molecule has 1 N–H and O–H groups in total. The average molecular weight is 267 g/mol. The molecule has 6 heteroatoms. The summed E-state index contributed by atoms with van der Waals surface area (Å²) in [7, 11) is -3.72. The van der Waals surface area contributed by atoms with Crippen molar-refractivity contribution in [2.75, 3.05) is 0 Å². The topological polar surface area (TPSA) is 82.8 Å². The van der Waals surface area contributed by atoms with Crippen LogP contribution in [0.5, 0.6) is 0 Å². The molecule has 1 heterocycles. The van der Waals surface area contributed by atoms with Crippen molar-refractivity contribution in [3.05, 3.63) is 24.0 Å². The second kappa shape index (κ2) is 5.04. The first-order valence-corrected chi connectivity index (χ1v) is 7.04. The number of nitrogens with one attached hydrogen (secondary N) is 1. The van der Waals surface area contributed by atoms with Gasteiger partial charge in [-0.1, -0.05) is 20.8 Å². The molecule has 0 saturated heterocycles. The van der Waals surface area contributed by atoms with E-state index in [2.05, 4.69) is 9.71 Å². The van der Waals surface area contributed by atoms with Gasteiger partial charge >= 0.3 is 0 Å². The van der Waals surface area contributed by atoms with Gasteiger partial charge in [0.25, 0.3) is 0 Å². The molecule has 1 unspecified atom stereocenters. The molecule has 0 bridgehead atoms. The number of rotatable bonds is 3. The zero-order chi connectivity index (χ0) is 14.0. The second-order valence-electron chi connectivity index (χ2n) is 5.17. The second-order valence-corrected chi connectivity index (χ2v) is 6.85. The van der Waals surface area contributed by atoms with Crippen LogP contribution in [0.4, 0.5) is 0 Å². The molecule has 0 amide bonds. The molecule has 0 radical (unpaired) electrons. The van der Waals surface area contributed by atoms with Gasteiger partial charge in [0, 0.05) is 12.2 Å². The van der Waals surface area contributed by atoms with Crippen LogP contribution in [0.3, 0.4) is 0 Å². The molecule has 1 rings (SSSR count). The van der Waals surface area contributed by atoms with Gasteiger partial charge in [0.1, 0.15) is 11.0 Å². The number of sulfonamides is 1. The summed E-state index contributed by atoms with van der Waals surface area (Å²) in [5, 5.41) is 8.87. The van der Waals surface area contributed by atoms with E-state index in [-0.39, 0.29) is 22.0 Å². The van der Waals surface area contributed by atoms with Crippen molar-refractivity contribution in [2.24, 2.45) is 5.41 Å². The van der Waals surface area contributed by atoms with E-state index in [0.29, 0.717) is 0 Å². The fraction of sp³-hybridized carbons (Fsp3) is 0.500. The van der Waals surface area contributed by atoms with Crippen molar-refractivity contribution < 1.29 is 8.42 Å². The minimum atomic E-state index is -3.72. The summed E-state index contributed by atoms with van der Waals surface area (Å²) in [6.45, 7) is 7.61. The highest BCUT2D eigenvalue weighted by Crippen LogP contribution is 2.21. The van der Waals surface area contributed by atoms with Crippen molar-refractivity contribution in [1.82, 2.24) is 9.71 Å². The number of nitriles is 1. The predicted octanol–water partition coefficient (Wildman–Crippen LogP) is 1.67. The lowest BCUT2D eigenvalue weighted by molar-refractivity contribution is 0.317. The first kappa shape index (κ1) is 14.6. The first-order chi connectivity index (χ1) is 8.18. The van der Waals surface area contributed by atoms with Crippen molar-refractivity contribution in [2.45, 2.75) is 38.6 Å². The Morgan fingerprint density at radius 3 is 2.56 bits per heavy atom. The van der Waals surface area contributed by atoms with E-state index < -0.39 is 10.0 Å². The van der Waals surface area contributed by atoms with E-state index in [4.69, 9.17) is 5.26 Å². The van der Waals surface area contributed by atoms with Gasteiger partial charge in [-0.05, 0) is 24.5 Å². The quantitative estimate of drug-likeness (QED) is 0.903. The van der Waals surface area contributed by atoms with Crippen LogP contribution in [0.15, 0.2) is 23.2 Å². The van der Waals surface area contributed by atoms with Crippen LogP contribution in [0, 0.1) is 16.7 Å². The van der Waals surface area contributed by atoms with E-state index in [1.807, 2.05) is 20.8 Å². The molecular formula is C12H17N3O2S. The Morgan fingerprint density at radius 2 is 2.06 bits per heavy atom. The SMILES string of the molecule is CC(NS(=O)(=O)c1cccnc1C#N)C(C)(C)C. The van der Waals surface area contributed by atoms with Crippen LogP contribution in [-0.4, -0.2) is 19.4 Å². The predicted molar refractivity (Wildman–Crippen MR) is 68.2 cm³/mol. The smallest absolute Gasteiger partial charge is 0.243 e. The maximum absolute atomic E-state index is 12.2. The van der Waals surface area contributed by atoms with Crippen LogP contribution >= 0.6 is 0 Å². The van der Waals surface area contributed by atoms with Gasteiger partial charge in [0.05, 0.1) is 0 Å². The first-order valence-electron chi connectivity index (χ1n) is 5.56. The summed E-state index contributed by atoms with van der Waals surface area (Å²) >= 11 is 0. The Kier molecular flexibility index (Phi) is 4.09. The fourth-order valence-corrected chi connectivity index (χ4v) is 2.72. The molecule has 0 aliphatic carbocycles. The molecule has 98 valence electrons. The van der Waals surface area contributed by atoms with Gasteiger partial charge in [-0.3, -0.25) is 0 Å². The van der Waals surface area contributed by atoms with Crippen molar-refractivity contribution in [3.63, 3.8) is 0 Å². The largest absolute Gasteiger partial charge is 0.244 e. The summed E-state index contributed by atoms with van der Waals surface area (Å²) in [5.74, 6) is 0. The molecule has 1 aromatic heterocycles. The summed E-state index contributed by atoms with van der Waals surface area (Å²) in [4.78, 5) is 3.67. The molecule has 1 aromatic rings. The third-order valence-electron chi connectivity index (χ3n) is 2.80. The van der Waals surface area contributed by atoms with Crippen LogP contribution in [0.2, 0.25) is 0 Å². The van der Waals surface area contributed by atoms with Gasteiger partial charge < -0.3 is 0 Å². The van der Waals surface area contributed by atoms with Crippen molar-refractivity contribution in [1.29, 1.82) is 5.26 Å². The van der Waals surface area contributed by atoms with E-state index in [1.54, 1.807) is 13.0 Å². The summed E-state index contributed by atoms with van der Waals surface area (Å²) in [6, 6.07) is 4.40. The number of hydrogen-bond donors (Lipinski definition) is 1. The minimum absolute atomic E-state index is 0.0800. The summed E-state index contributed by atoms with van der Waals surface area (Å²) in [6.07, 6.45) is 1.39. The van der Waals surface area contributed by atoms with Crippen molar-refractivity contribution in [3.8, 4) is 6.07 Å². The van der Waals surface area contributed by atoms with Crippen LogP contribution in [0.25, 0.3) is 0 Å². The summed E-state index contributed by atoms with van der Waals surface area (Å²) < 4.78 is 26.9. The molecule has 0 aliphatic rings. The maximum atomic E-state index is 12.2. The number of pyridine rings is 1. The zero-order valence-corrected chi connectivity index (χ0v) is 11.7. The molecule has 18 heavy (non-hydrogen) atoms. The van der Waals surface area contributed by atoms with Crippen LogP contribution < -0.4 is 4.72 Å². The van der Waals surface area contributed by atoms with Gasteiger partial charge in [-0.25, -0.2) is 18.1 Å². The third kappa shape index (κ3) is 3.28. The van der Waals surface area contributed by atoms with Crippen molar-refractivity contribution >= 4 is 10.0 Å². The molecule has 1 atom stereocenters. The highest BCUT2D eigenvalue weighted by molar-refractivity contribution is 7.89. The molecular weight excluding hydrogens is 250 g/mol. The molecule has 0 fully saturated rings. The van der Waals surface area contributed by atoms with Crippen LogP contribution in [0.1, 0.15) is 33.4 Å². The number of aromatic nitrogens is 1. The van der Waals surface area contributed by atoms with E-state index >= 15 is 0 Å². The number of hydrogen-bond acceptors (Lipinski definition) is 4. The summed E-state index contributed by atoms with van der Waals surface area (Å²) in [5.41, 5.74) is -0.298. The third-order valence-corrected chi connectivity index (χ3v) is 4.37. The lowest BCUT2D eigenvalue weighted by Gasteiger charge is -2.27. The number of nitrogens with zero attached hydrogens (tertiary/aromatic N) is 2. The Bertz CT molecular complexity index is 568. The van der Waals surface area contributed by atoms with Crippen LogP contribution in [-0.2, 0) is 10.0 Å². The fourth-order valence-electron chi connectivity index (χ4n) is 1.16.